The van der Waals surface area contributed by atoms with Crippen molar-refractivity contribution < 1.29 is 9.90 Å². The average Bonchev–Trinajstić information content (AvgIpc) is 2.26. The third-order valence-electron chi connectivity index (χ3n) is 2.95. The minimum atomic E-state index is -0.855. The molecule has 0 amide bonds. The van der Waals surface area contributed by atoms with Gasteiger partial charge in [0.1, 0.15) is 0 Å². The van der Waals surface area contributed by atoms with Crippen LogP contribution in [0.15, 0.2) is 36.4 Å². The zero-order chi connectivity index (χ0) is 12.6. The maximum atomic E-state index is 11.5. The molecule has 17 heavy (non-hydrogen) atoms. The summed E-state index contributed by atoms with van der Waals surface area (Å²) in [6.45, 7) is 6.09. The summed E-state index contributed by atoms with van der Waals surface area (Å²) in [6, 6.07) is 11.5. The average molecular weight is 228 g/mol. The van der Waals surface area contributed by atoms with Gasteiger partial charge in [-0.3, -0.25) is 0 Å². The number of hydrogen-bond donors (Lipinski definition) is 1. The van der Waals surface area contributed by atoms with Crippen LogP contribution in [0.4, 0.5) is 0 Å². The molecule has 1 N–H and O–H groups in total. The van der Waals surface area contributed by atoms with Crippen LogP contribution >= 0.6 is 0 Å². The SMILES string of the molecule is CC(C)(C)c1ccc2ccccc2c1C(=O)O. The van der Waals surface area contributed by atoms with E-state index >= 15 is 0 Å². The van der Waals surface area contributed by atoms with Gasteiger partial charge in [0.05, 0.1) is 5.56 Å². The lowest BCUT2D eigenvalue weighted by molar-refractivity contribution is 0.0696. The Morgan fingerprint density at radius 3 is 2.29 bits per heavy atom. The minimum absolute atomic E-state index is 0.169. The summed E-state index contributed by atoms with van der Waals surface area (Å²) in [5.41, 5.74) is 1.14. The zero-order valence-corrected chi connectivity index (χ0v) is 10.3. The Bertz CT molecular complexity index is 577. The number of benzene rings is 2. The number of rotatable bonds is 1. The van der Waals surface area contributed by atoms with Crippen LogP contribution in [0.3, 0.4) is 0 Å². The van der Waals surface area contributed by atoms with E-state index in [0.717, 1.165) is 16.3 Å². The van der Waals surface area contributed by atoms with Crippen LogP contribution in [0.1, 0.15) is 36.7 Å². The van der Waals surface area contributed by atoms with Gasteiger partial charge in [0.25, 0.3) is 0 Å². The van der Waals surface area contributed by atoms with Crippen LogP contribution in [-0.2, 0) is 5.41 Å². The molecule has 0 saturated carbocycles. The fourth-order valence-electron chi connectivity index (χ4n) is 2.13. The molecule has 2 aromatic rings. The van der Waals surface area contributed by atoms with Gasteiger partial charge in [-0.2, -0.15) is 0 Å². The van der Waals surface area contributed by atoms with Crippen LogP contribution in [0.25, 0.3) is 10.8 Å². The van der Waals surface area contributed by atoms with Crippen molar-refractivity contribution in [1.29, 1.82) is 0 Å². The lowest BCUT2D eigenvalue weighted by atomic mass is 9.82. The number of hydrogen-bond acceptors (Lipinski definition) is 1. The third-order valence-corrected chi connectivity index (χ3v) is 2.95. The first-order valence-electron chi connectivity index (χ1n) is 5.67. The van der Waals surface area contributed by atoms with Gasteiger partial charge in [-0.05, 0) is 21.8 Å². The molecule has 0 heterocycles. The van der Waals surface area contributed by atoms with Gasteiger partial charge < -0.3 is 5.11 Å². The molecule has 0 saturated heterocycles. The van der Waals surface area contributed by atoms with Gasteiger partial charge in [-0.25, -0.2) is 4.79 Å². The molecule has 0 atom stereocenters. The van der Waals surface area contributed by atoms with E-state index in [-0.39, 0.29) is 5.41 Å². The summed E-state index contributed by atoms with van der Waals surface area (Å²) in [4.78, 5) is 11.5. The molecule has 2 heteroatoms. The Labute approximate surface area is 101 Å². The molecule has 0 aliphatic heterocycles. The number of carbonyl (C=O) groups is 1. The van der Waals surface area contributed by atoms with Gasteiger partial charge in [0, 0.05) is 0 Å². The lowest BCUT2D eigenvalue weighted by Gasteiger charge is -2.22. The normalized spacial score (nSPS) is 11.7. The van der Waals surface area contributed by atoms with Crippen molar-refractivity contribution >= 4 is 16.7 Å². The van der Waals surface area contributed by atoms with E-state index in [2.05, 4.69) is 0 Å². The van der Waals surface area contributed by atoms with E-state index in [9.17, 15) is 9.90 Å². The highest BCUT2D eigenvalue weighted by molar-refractivity contribution is 6.05. The number of fused-ring (bicyclic) bond motifs is 1. The predicted molar refractivity (Wildman–Crippen MR) is 69.6 cm³/mol. The first kappa shape index (κ1) is 11.6. The number of carboxylic acids is 1. The Morgan fingerprint density at radius 1 is 1.06 bits per heavy atom. The second kappa shape index (κ2) is 3.88. The van der Waals surface area contributed by atoms with Gasteiger partial charge >= 0.3 is 5.97 Å². The van der Waals surface area contributed by atoms with Crippen molar-refractivity contribution in [3.05, 3.63) is 47.5 Å². The molecule has 0 bridgehead atoms. The smallest absolute Gasteiger partial charge is 0.336 e. The topological polar surface area (TPSA) is 37.3 Å². The molecule has 0 radical (unpaired) electrons. The van der Waals surface area contributed by atoms with Crippen LogP contribution in [0, 0.1) is 0 Å². The van der Waals surface area contributed by atoms with Gasteiger partial charge in [-0.1, -0.05) is 57.2 Å². The maximum Gasteiger partial charge on any atom is 0.336 e. The van der Waals surface area contributed by atoms with Gasteiger partial charge in [0.2, 0.25) is 0 Å². The second-order valence-corrected chi connectivity index (χ2v) is 5.26. The first-order valence-corrected chi connectivity index (χ1v) is 5.67. The van der Waals surface area contributed by atoms with Crippen LogP contribution in [0.2, 0.25) is 0 Å². The summed E-state index contributed by atoms with van der Waals surface area (Å²) in [5, 5.41) is 11.2. The highest BCUT2D eigenvalue weighted by atomic mass is 16.4. The molecule has 0 aliphatic rings. The van der Waals surface area contributed by atoms with Crippen LogP contribution < -0.4 is 0 Å². The first-order chi connectivity index (χ1) is 7.91. The lowest BCUT2D eigenvalue weighted by Crippen LogP contribution is -2.17. The Balaban J connectivity index is 2.87. The van der Waals surface area contributed by atoms with Crippen molar-refractivity contribution in [2.24, 2.45) is 0 Å². The van der Waals surface area contributed by atoms with Crippen molar-refractivity contribution in [2.75, 3.05) is 0 Å². The van der Waals surface area contributed by atoms with Crippen molar-refractivity contribution in [2.45, 2.75) is 26.2 Å². The van der Waals surface area contributed by atoms with Crippen molar-refractivity contribution in [3.63, 3.8) is 0 Å². The van der Waals surface area contributed by atoms with E-state index < -0.39 is 5.97 Å². The number of carboxylic acid groups (broad SMARTS) is 1. The molecule has 2 aromatic carbocycles. The Morgan fingerprint density at radius 2 is 1.71 bits per heavy atom. The van der Waals surface area contributed by atoms with E-state index in [1.54, 1.807) is 0 Å². The molecule has 0 unspecified atom stereocenters. The maximum absolute atomic E-state index is 11.5. The Hall–Kier alpha value is -1.83. The van der Waals surface area contributed by atoms with Gasteiger partial charge in [0.15, 0.2) is 0 Å². The van der Waals surface area contributed by atoms with Crippen LogP contribution in [-0.4, -0.2) is 11.1 Å². The molecule has 0 spiro atoms. The van der Waals surface area contributed by atoms with Crippen molar-refractivity contribution in [3.8, 4) is 0 Å². The van der Waals surface area contributed by atoms with E-state index in [4.69, 9.17) is 0 Å². The molecule has 88 valence electrons. The molecule has 0 aromatic heterocycles. The molecular weight excluding hydrogens is 212 g/mol. The monoisotopic (exact) mass is 228 g/mol. The van der Waals surface area contributed by atoms with E-state index in [1.165, 1.54) is 0 Å². The predicted octanol–water partition coefficient (Wildman–Crippen LogP) is 3.84. The molecule has 2 rings (SSSR count). The van der Waals surface area contributed by atoms with Crippen molar-refractivity contribution in [1.82, 2.24) is 0 Å². The summed E-state index contributed by atoms with van der Waals surface area (Å²) in [7, 11) is 0. The quantitative estimate of drug-likeness (QED) is 0.805. The molecular formula is C15H16O2. The summed E-state index contributed by atoms with van der Waals surface area (Å²) in [5.74, 6) is -0.855. The summed E-state index contributed by atoms with van der Waals surface area (Å²) >= 11 is 0. The second-order valence-electron chi connectivity index (χ2n) is 5.26. The molecule has 0 fully saturated rings. The fourth-order valence-corrected chi connectivity index (χ4v) is 2.13. The van der Waals surface area contributed by atoms with E-state index in [0.29, 0.717) is 5.56 Å². The van der Waals surface area contributed by atoms with Gasteiger partial charge in [-0.15, -0.1) is 0 Å². The molecule has 0 aliphatic carbocycles. The third kappa shape index (κ3) is 2.03. The summed E-state index contributed by atoms with van der Waals surface area (Å²) in [6.07, 6.45) is 0. The largest absolute Gasteiger partial charge is 0.478 e. The highest BCUT2D eigenvalue weighted by Gasteiger charge is 2.23. The highest BCUT2D eigenvalue weighted by Crippen LogP contribution is 2.31. The zero-order valence-electron chi connectivity index (χ0n) is 10.3. The fraction of sp³-hybridized carbons (Fsp3) is 0.267. The molecule has 2 nitrogen and oxygen atoms in total. The Kier molecular flexibility index (Phi) is 2.66. The number of aromatic carboxylic acids is 1. The van der Waals surface area contributed by atoms with E-state index in [1.807, 2.05) is 57.2 Å². The minimum Gasteiger partial charge on any atom is -0.478 e. The van der Waals surface area contributed by atoms with Crippen LogP contribution in [0.5, 0.6) is 0 Å². The summed E-state index contributed by atoms with van der Waals surface area (Å²) < 4.78 is 0. The standard InChI is InChI=1S/C15H16O2/c1-15(2,3)12-9-8-10-6-4-5-7-11(10)13(12)14(16)17/h4-9H,1-3H3,(H,16,17).